The summed E-state index contributed by atoms with van der Waals surface area (Å²) in [4.78, 5) is 11.4. The van der Waals surface area contributed by atoms with Crippen LogP contribution in [-0.4, -0.2) is 19.5 Å². The quantitative estimate of drug-likeness (QED) is 0.815. The molecule has 6 heteroatoms. The fourth-order valence-electron chi connectivity index (χ4n) is 1.10. The van der Waals surface area contributed by atoms with E-state index in [2.05, 4.69) is 4.74 Å². The van der Waals surface area contributed by atoms with Gasteiger partial charge in [-0.2, -0.15) is 0 Å². The van der Waals surface area contributed by atoms with E-state index in [1.807, 2.05) is 0 Å². The normalized spacial score (nSPS) is 15.1. The van der Waals surface area contributed by atoms with Gasteiger partial charge in [0.15, 0.2) is 0 Å². The van der Waals surface area contributed by atoms with Gasteiger partial charge in [-0.05, 0) is 18.4 Å². The highest BCUT2D eigenvalue weighted by Gasteiger charge is 2.36. The Labute approximate surface area is 89.8 Å². The number of alkyl halides is 2. The molecule has 1 aromatic heterocycles. The summed E-state index contributed by atoms with van der Waals surface area (Å²) in [5, 5.41) is 1.54. The number of thiophene rings is 1. The van der Waals surface area contributed by atoms with Crippen molar-refractivity contribution >= 4 is 17.3 Å². The van der Waals surface area contributed by atoms with Crippen molar-refractivity contribution in [1.29, 1.82) is 0 Å². The highest BCUT2D eigenvalue weighted by molar-refractivity contribution is 7.12. The number of carbonyl (C=O) groups is 1. The van der Waals surface area contributed by atoms with Gasteiger partial charge in [-0.15, -0.1) is 11.3 Å². The number of hydrogen-bond acceptors (Lipinski definition) is 4. The number of esters is 1. The van der Waals surface area contributed by atoms with Crippen molar-refractivity contribution in [2.75, 3.05) is 7.11 Å². The van der Waals surface area contributed by atoms with Crippen molar-refractivity contribution in [2.24, 2.45) is 5.73 Å². The van der Waals surface area contributed by atoms with Crippen LogP contribution in [-0.2, 0) is 10.3 Å². The molecule has 1 unspecified atom stereocenters. The van der Waals surface area contributed by atoms with Gasteiger partial charge in [0.25, 0.3) is 6.43 Å². The van der Waals surface area contributed by atoms with Crippen LogP contribution in [0.3, 0.4) is 0 Å². The van der Waals surface area contributed by atoms with Gasteiger partial charge in [0.2, 0.25) is 0 Å². The van der Waals surface area contributed by atoms with E-state index in [-0.39, 0.29) is 10.4 Å². The first-order valence-corrected chi connectivity index (χ1v) is 5.02. The third-order valence-electron chi connectivity index (χ3n) is 2.07. The molecule has 1 aromatic rings. The van der Waals surface area contributed by atoms with Gasteiger partial charge >= 0.3 is 5.97 Å². The Morgan fingerprint density at radius 3 is 2.73 bits per heavy atom. The van der Waals surface area contributed by atoms with Gasteiger partial charge in [-0.1, -0.05) is 0 Å². The van der Waals surface area contributed by atoms with Crippen LogP contribution in [0.2, 0.25) is 0 Å². The summed E-state index contributed by atoms with van der Waals surface area (Å²) in [7, 11) is 1.20. The fraction of sp³-hybridized carbons (Fsp3) is 0.444. The molecule has 0 aliphatic heterocycles. The molecule has 0 amide bonds. The van der Waals surface area contributed by atoms with E-state index in [9.17, 15) is 13.6 Å². The zero-order valence-electron chi connectivity index (χ0n) is 8.29. The molecule has 0 saturated carbocycles. The summed E-state index contributed by atoms with van der Waals surface area (Å²) in [6, 6.07) is 1.42. The van der Waals surface area contributed by atoms with Crippen molar-refractivity contribution in [3.63, 3.8) is 0 Å². The van der Waals surface area contributed by atoms with Gasteiger partial charge in [0.05, 0.1) is 7.11 Å². The average molecular weight is 235 g/mol. The predicted molar refractivity (Wildman–Crippen MR) is 53.2 cm³/mol. The van der Waals surface area contributed by atoms with Crippen molar-refractivity contribution in [2.45, 2.75) is 18.9 Å². The predicted octanol–water partition coefficient (Wildman–Crippen LogP) is 1.97. The molecule has 0 radical (unpaired) electrons. The minimum Gasteiger partial charge on any atom is -0.465 e. The van der Waals surface area contributed by atoms with Crippen LogP contribution >= 0.6 is 11.3 Å². The second-order valence-electron chi connectivity index (χ2n) is 3.24. The average Bonchev–Trinajstić information content (AvgIpc) is 2.65. The first-order chi connectivity index (χ1) is 6.91. The Hall–Kier alpha value is -1.01. The largest absolute Gasteiger partial charge is 0.465 e. The second-order valence-corrected chi connectivity index (χ2v) is 4.15. The Kier molecular flexibility index (Phi) is 3.41. The molecule has 0 saturated heterocycles. The van der Waals surface area contributed by atoms with Crippen LogP contribution in [0, 0.1) is 0 Å². The summed E-state index contributed by atoms with van der Waals surface area (Å²) >= 11 is 1.04. The van der Waals surface area contributed by atoms with Gasteiger partial charge in [-0.3, -0.25) is 0 Å². The molecular formula is C9H11F2NO2S. The van der Waals surface area contributed by atoms with Crippen LogP contribution in [0.1, 0.15) is 22.2 Å². The molecule has 0 fully saturated rings. The summed E-state index contributed by atoms with van der Waals surface area (Å²) in [6.45, 7) is 1.19. The van der Waals surface area contributed by atoms with E-state index in [1.165, 1.54) is 25.5 Å². The van der Waals surface area contributed by atoms with Crippen molar-refractivity contribution in [3.8, 4) is 0 Å². The third-order valence-corrected chi connectivity index (χ3v) is 2.96. The van der Waals surface area contributed by atoms with E-state index in [0.29, 0.717) is 0 Å². The third kappa shape index (κ3) is 2.15. The maximum Gasteiger partial charge on any atom is 0.348 e. The molecule has 3 nitrogen and oxygen atoms in total. The molecule has 1 heterocycles. The minimum atomic E-state index is -2.74. The highest BCUT2D eigenvalue weighted by Crippen LogP contribution is 2.31. The highest BCUT2D eigenvalue weighted by atomic mass is 32.1. The van der Waals surface area contributed by atoms with E-state index in [1.54, 1.807) is 0 Å². The lowest BCUT2D eigenvalue weighted by molar-refractivity contribution is 0.0554. The molecule has 0 spiro atoms. The van der Waals surface area contributed by atoms with Crippen LogP contribution in [0.15, 0.2) is 11.4 Å². The summed E-state index contributed by atoms with van der Waals surface area (Å²) in [6.07, 6.45) is -2.74. The molecule has 15 heavy (non-hydrogen) atoms. The number of hydrogen-bond donors (Lipinski definition) is 1. The van der Waals surface area contributed by atoms with E-state index >= 15 is 0 Å². The Morgan fingerprint density at radius 1 is 1.67 bits per heavy atom. The monoisotopic (exact) mass is 235 g/mol. The lowest BCUT2D eigenvalue weighted by Gasteiger charge is -2.23. The van der Waals surface area contributed by atoms with Crippen molar-refractivity contribution in [1.82, 2.24) is 0 Å². The lowest BCUT2D eigenvalue weighted by atomic mass is 9.94. The maximum atomic E-state index is 12.7. The fourth-order valence-corrected chi connectivity index (χ4v) is 2.04. The molecule has 0 bridgehead atoms. The zero-order valence-corrected chi connectivity index (χ0v) is 9.11. The van der Waals surface area contributed by atoms with Gasteiger partial charge in [-0.25, -0.2) is 13.6 Å². The Morgan fingerprint density at radius 2 is 2.27 bits per heavy atom. The van der Waals surface area contributed by atoms with Crippen LogP contribution in [0.4, 0.5) is 8.78 Å². The number of carbonyl (C=O) groups excluding carboxylic acids is 1. The van der Waals surface area contributed by atoms with E-state index < -0.39 is 17.9 Å². The molecule has 0 aromatic carbocycles. The van der Waals surface area contributed by atoms with Gasteiger partial charge < -0.3 is 10.5 Å². The summed E-state index contributed by atoms with van der Waals surface area (Å²) < 4.78 is 29.8. The van der Waals surface area contributed by atoms with E-state index in [0.717, 1.165) is 11.3 Å². The first-order valence-electron chi connectivity index (χ1n) is 4.14. The van der Waals surface area contributed by atoms with Gasteiger partial charge in [0, 0.05) is 5.56 Å². The van der Waals surface area contributed by atoms with Crippen LogP contribution in [0.5, 0.6) is 0 Å². The second kappa shape index (κ2) is 4.24. The molecule has 1 rings (SSSR count). The minimum absolute atomic E-state index is 0.120. The Balaban J connectivity index is 3.15. The standard InChI is InChI=1S/C9H11F2NO2S/c1-9(12,8(10)11)5-3-4-15-6(5)7(13)14-2/h3-4,8H,12H2,1-2H3. The molecule has 84 valence electrons. The van der Waals surface area contributed by atoms with Crippen molar-refractivity contribution < 1.29 is 18.3 Å². The number of nitrogens with two attached hydrogens (primary N) is 1. The Bertz CT molecular complexity index is 363. The number of ether oxygens (including phenoxy) is 1. The molecule has 1 atom stereocenters. The van der Waals surface area contributed by atoms with Crippen molar-refractivity contribution in [3.05, 3.63) is 21.9 Å². The van der Waals surface area contributed by atoms with Crippen LogP contribution < -0.4 is 5.73 Å². The SMILES string of the molecule is COC(=O)c1sccc1C(C)(N)C(F)F. The topological polar surface area (TPSA) is 52.3 Å². The number of rotatable bonds is 3. The molecule has 0 aliphatic rings. The smallest absolute Gasteiger partial charge is 0.348 e. The first kappa shape index (κ1) is 12.1. The molecule has 0 aliphatic carbocycles. The maximum absolute atomic E-state index is 12.7. The van der Waals surface area contributed by atoms with Gasteiger partial charge in [0.1, 0.15) is 10.4 Å². The zero-order chi connectivity index (χ0) is 11.6. The number of methoxy groups -OCH3 is 1. The summed E-state index contributed by atoms with van der Waals surface area (Å²) in [5.74, 6) is -0.641. The summed E-state index contributed by atoms with van der Waals surface area (Å²) in [5.41, 5.74) is 3.76. The molecule has 2 N–H and O–H groups in total. The van der Waals surface area contributed by atoms with Crippen LogP contribution in [0.25, 0.3) is 0 Å². The van der Waals surface area contributed by atoms with E-state index in [4.69, 9.17) is 5.73 Å². The lowest BCUT2D eigenvalue weighted by Crippen LogP contribution is -2.41. The molecular weight excluding hydrogens is 224 g/mol. The number of halogens is 2.